The first kappa shape index (κ1) is 26.3. The first-order chi connectivity index (χ1) is 12.8. The number of hydrogen-bond acceptors (Lipinski definition) is 2. The van der Waals surface area contributed by atoms with Crippen molar-refractivity contribution in [1.82, 2.24) is 9.80 Å². The van der Waals surface area contributed by atoms with Gasteiger partial charge in [-0.05, 0) is 54.6 Å². The molecule has 0 radical (unpaired) electrons. The van der Waals surface area contributed by atoms with E-state index in [9.17, 15) is 0 Å². The summed E-state index contributed by atoms with van der Waals surface area (Å²) in [4.78, 5) is 5.27. The summed E-state index contributed by atoms with van der Waals surface area (Å²) >= 11 is 0. The highest BCUT2D eigenvalue weighted by Gasteiger charge is 2.43. The molecule has 3 nitrogen and oxygen atoms in total. The van der Waals surface area contributed by atoms with Gasteiger partial charge < -0.3 is 15.3 Å². The van der Waals surface area contributed by atoms with Crippen LogP contribution in [0.4, 0.5) is 0 Å². The fourth-order valence-electron chi connectivity index (χ4n) is 5.25. The Labute approximate surface area is 197 Å². The van der Waals surface area contributed by atoms with Crippen molar-refractivity contribution in [3.63, 3.8) is 0 Å². The smallest absolute Gasteiger partial charge is 0.0138 e. The summed E-state index contributed by atoms with van der Waals surface area (Å²) in [6.07, 6.45) is 1.31. The molecule has 2 N–H and O–H groups in total. The lowest BCUT2D eigenvalue weighted by Crippen LogP contribution is -2.43. The molecule has 2 aliphatic rings. The molecule has 1 fully saturated rings. The Hall–Kier alpha value is -0.720. The minimum absolute atomic E-state index is 0. The van der Waals surface area contributed by atoms with Gasteiger partial charge in [0.15, 0.2) is 0 Å². The number of rotatable bonds is 6. The van der Waals surface area contributed by atoms with Crippen LogP contribution in [0.2, 0.25) is 0 Å². The van der Waals surface area contributed by atoms with Crippen molar-refractivity contribution in [1.29, 1.82) is 0 Å². The maximum atomic E-state index is 2.72. The zero-order valence-corrected chi connectivity index (χ0v) is 21.0. The second-order valence-corrected chi connectivity index (χ2v) is 7.90. The van der Waals surface area contributed by atoms with Gasteiger partial charge in [-0.2, -0.15) is 0 Å². The van der Waals surface area contributed by atoms with E-state index >= 15 is 0 Å². The Balaban J connectivity index is 0.00000140. The molecule has 1 aliphatic heterocycles. The second-order valence-electron chi connectivity index (χ2n) is 7.90. The molecule has 0 aromatic heterocycles. The van der Waals surface area contributed by atoms with Crippen molar-refractivity contribution in [2.24, 2.45) is 5.92 Å². The first-order valence-electron chi connectivity index (χ1n) is 10.4. The van der Waals surface area contributed by atoms with Crippen LogP contribution in [0.25, 0.3) is 0 Å². The lowest BCUT2D eigenvalue weighted by Gasteiger charge is -2.38. The van der Waals surface area contributed by atoms with Crippen LogP contribution in [-0.2, 0) is 0 Å². The van der Waals surface area contributed by atoms with Crippen molar-refractivity contribution in [2.45, 2.75) is 32.1 Å². The van der Waals surface area contributed by atoms with E-state index in [-0.39, 0.29) is 39.4 Å². The van der Waals surface area contributed by atoms with Crippen LogP contribution in [0, 0.1) is 5.92 Å². The lowest BCUT2D eigenvalue weighted by atomic mass is 9.79. The van der Waals surface area contributed by atoms with Crippen LogP contribution in [0.15, 0.2) is 54.6 Å². The third-order valence-electron chi connectivity index (χ3n) is 6.69. The molecule has 0 bridgehead atoms. The molecule has 29 heavy (non-hydrogen) atoms. The second kappa shape index (κ2) is 12.2. The maximum absolute atomic E-state index is 2.72. The van der Waals surface area contributed by atoms with Crippen LogP contribution in [0.3, 0.4) is 0 Å². The molecular formula is C24H36Br2N2O. The topological polar surface area (TPSA) is 38.0 Å². The Bertz CT molecular complexity index is 724. The van der Waals surface area contributed by atoms with E-state index in [0.717, 1.165) is 24.9 Å². The van der Waals surface area contributed by atoms with Crippen LogP contribution in [-0.4, -0.2) is 54.5 Å². The molecule has 0 spiro atoms. The summed E-state index contributed by atoms with van der Waals surface area (Å²) in [7, 11) is 0. The molecule has 1 aliphatic carbocycles. The number of fused-ring (bicyclic) bond motifs is 3. The molecule has 5 heteroatoms. The van der Waals surface area contributed by atoms with Crippen LogP contribution in [0.1, 0.15) is 48.8 Å². The van der Waals surface area contributed by atoms with Crippen molar-refractivity contribution >= 4 is 34.0 Å². The summed E-state index contributed by atoms with van der Waals surface area (Å²) < 4.78 is 0. The first-order valence-corrected chi connectivity index (χ1v) is 10.4. The Morgan fingerprint density at radius 1 is 0.897 bits per heavy atom. The van der Waals surface area contributed by atoms with Gasteiger partial charge in [-0.3, -0.25) is 0 Å². The Morgan fingerprint density at radius 2 is 1.52 bits per heavy atom. The van der Waals surface area contributed by atoms with Gasteiger partial charge in [-0.1, -0.05) is 68.4 Å². The monoisotopic (exact) mass is 526 g/mol. The minimum Gasteiger partial charge on any atom is -0.412 e. The SMILES string of the molecule is Br.Br.CCN(CC)CCN1CC[C@H]2c3ccccc3[C@@H](c3ccccc3)[C@H]2C1.O. The number of halogens is 2. The summed E-state index contributed by atoms with van der Waals surface area (Å²) in [5.41, 5.74) is 4.70. The number of likely N-dealkylation sites (tertiary alicyclic amines) is 1. The molecule has 1 heterocycles. The van der Waals surface area contributed by atoms with E-state index < -0.39 is 0 Å². The van der Waals surface area contributed by atoms with Gasteiger partial charge in [0.25, 0.3) is 0 Å². The quantitative estimate of drug-likeness (QED) is 0.535. The third-order valence-corrected chi connectivity index (χ3v) is 6.69. The van der Waals surface area contributed by atoms with E-state index in [1.54, 1.807) is 11.1 Å². The number of hydrogen-bond donors (Lipinski definition) is 0. The zero-order chi connectivity index (χ0) is 17.9. The highest BCUT2D eigenvalue weighted by molar-refractivity contribution is 8.93. The third kappa shape index (κ3) is 5.50. The lowest BCUT2D eigenvalue weighted by molar-refractivity contribution is 0.136. The minimum atomic E-state index is 0. The highest BCUT2D eigenvalue weighted by atomic mass is 79.9. The molecular weight excluding hydrogens is 492 g/mol. The molecule has 2 aromatic carbocycles. The van der Waals surface area contributed by atoms with Gasteiger partial charge in [0.05, 0.1) is 0 Å². The number of nitrogens with zero attached hydrogens (tertiary/aromatic N) is 2. The van der Waals surface area contributed by atoms with Gasteiger partial charge in [-0.15, -0.1) is 34.0 Å². The normalized spacial score (nSPS) is 22.7. The van der Waals surface area contributed by atoms with E-state index in [1.807, 2.05) is 0 Å². The molecule has 2 aromatic rings. The maximum Gasteiger partial charge on any atom is 0.0138 e. The summed E-state index contributed by atoms with van der Waals surface area (Å²) in [5.74, 6) is 2.02. The average Bonchev–Trinajstić information content (AvgIpc) is 3.03. The molecule has 1 saturated heterocycles. The van der Waals surface area contributed by atoms with Gasteiger partial charge >= 0.3 is 0 Å². The summed E-state index contributed by atoms with van der Waals surface area (Å²) in [5, 5.41) is 0. The molecule has 0 amide bonds. The molecule has 3 atom stereocenters. The molecule has 0 saturated carbocycles. The zero-order valence-electron chi connectivity index (χ0n) is 17.6. The summed E-state index contributed by atoms with van der Waals surface area (Å²) in [6.45, 7) is 11.8. The standard InChI is InChI=1S/C24H32N2.2BrH.H2O/c1-3-25(4-2)16-17-26-15-14-21-20-12-8-9-13-22(20)24(23(21)18-26)19-10-6-5-7-11-19;;;/h5-13,21,23-24H,3-4,14-18H2,1-2H3;2*1H;1H2/t21-,23-,24+;;;/m0.../s1. The van der Waals surface area contributed by atoms with Crippen LogP contribution >= 0.6 is 34.0 Å². The van der Waals surface area contributed by atoms with Gasteiger partial charge in [-0.25, -0.2) is 0 Å². The summed E-state index contributed by atoms with van der Waals surface area (Å²) in [6, 6.07) is 20.4. The number of likely N-dealkylation sites (N-methyl/N-ethyl adjacent to an activating group) is 1. The van der Waals surface area contributed by atoms with E-state index in [0.29, 0.717) is 5.92 Å². The fourth-order valence-corrected chi connectivity index (χ4v) is 5.25. The molecule has 0 unspecified atom stereocenters. The van der Waals surface area contributed by atoms with Crippen molar-refractivity contribution in [3.8, 4) is 0 Å². The highest BCUT2D eigenvalue weighted by Crippen LogP contribution is 2.52. The van der Waals surface area contributed by atoms with Crippen molar-refractivity contribution in [2.75, 3.05) is 39.3 Å². The fraction of sp³-hybridized carbons (Fsp3) is 0.500. The van der Waals surface area contributed by atoms with E-state index in [4.69, 9.17) is 0 Å². The average molecular weight is 528 g/mol. The van der Waals surface area contributed by atoms with Crippen LogP contribution in [0.5, 0.6) is 0 Å². The van der Waals surface area contributed by atoms with E-state index in [2.05, 4.69) is 78.2 Å². The molecule has 162 valence electrons. The van der Waals surface area contributed by atoms with Gasteiger partial charge in [0.2, 0.25) is 0 Å². The number of benzene rings is 2. The predicted octanol–water partition coefficient (Wildman–Crippen LogP) is 4.91. The van der Waals surface area contributed by atoms with Crippen LogP contribution < -0.4 is 0 Å². The molecule has 4 rings (SSSR count). The number of piperidine rings is 1. The van der Waals surface area contributed by atoms with Gasteiger partial charge in [0, 0.05) is 25.6 Å². The Morgan fingerprint density at radius 3 is 2.17 bits per heavy atom. The van der Waals surface area contributed by atoms with Crippen molar-refractivity contribution in [3.05, 3.63) is 71.3 Å². The van der Waals surface area contributed by atoms with Crippen molar-refractivity contribution < 1.29 is 5.48 Å². The predicted molar refractivity (Wildman–Crippen MR) is 134 cm³/mol. The Kier molecular flexibility index (Phi) is 11.1. The van der Waals surface area contributed by atoms with Gasteiger partial charge in [0.1, 0.15) is 0 Å². The largest absolute Gasteiger partial charge is 0.412 e. The van der Waals surface area contributed by atoms with E-state index in [1.165, 1.54) is 38.2 Å².